The van der Waals surface area contributed by atoms with Crippen molar-refractivity contribution in [2.24, 2.45) is 5.41 Å². The van der Waals surface area contributed by atoms with Gasteiger partial charge in [0.05, 0.1) is 19.3 Å². The second-order valence-corrected chi connectivity index (χ2v) is 6.36. The van der Waals surface area contributed by atoms with Crippen molar-refractivity contribution in [1.29, 1.82) is 0 Å². The molecule has 0 aromatic carbocycles. The molecule has 21 heavy (non-hydrogen) atoms. The van der Waals surface area contributed by atoms with Crippen LogP contribution in [0.1, 0.15) is 32.6 Å². The van der Waals surface area contributed by atoms with E-state index in [1.807, 2.05) is 4.90 Å². The Morgan fingerprint density at radius 2 is 2.14 bits per heavy atom. The summed E-state index contributed by atoms with van der Waals surface area (Å²) in [6.07, 6.45) is 3.96. The average Bonchev–Trinajstić information content (AvgIpc) is 3.18. The number of nitrogens with zero attached hydrogens (tertiary/aromatic N) is 2. The fraction of sp³-hybridized carbons (Fsp3) is 0.867. The van der Waals surface area contributed by atoms with Gasteiger partial charge in [0, 0.05) is 25.0 Å². The van der Waals surface area contributed by atoms with Crippen molar-refractivity contribution in [3.8, 4) is 0 Å². The van der Waals surface area contributed by atoms with Gasteiger partial charge >= 0.3 is 5.97 Å². The second kappa shape index (κ2) is 6.75. The van der Waals surface area contributed by atoms with Gasteiger partial charge in [0.2, 0.25) is 5.91 Å². The molecule has 2 rings (SSSR count). The maximum atomic E-state index is 12.6. The number of rotatable bonds is 7. The monoisotopic (exact) mass is 298 g/mol. The molecule has 1 saturated heterocycles. The van der Waals surface area contributed by atoms with E-state index in [1.165, 1.54) is 0 Å². The van der Waals surface area contributed by atoms with Gasteiger partial charge in [-0.25, -0.2) is 0 Å². The third kappa shape index (κ3) is 4.17. The van der Waals surface area contributed by atoms with E-state index < -0.39 is 5.97 Å². The van der Waals surface area contributed by atoms with Crippen molar-refractivity contribution < 1.29 is 19.4 Å². The van der Waals surface area contributed by atoms with Crippen LogP contribution in [0, 0.1) is 5.41 Å². The van der Waals surface area contributed by atoms with Gasteiger partial charge in [-0.2, -0.15) is 0 Å². The van der Waals surface area contributed by atoms with Crippen LogP contribution in [0.15, 0.2) is 0 Å². The van der Waals surface area contributed by atoms with E-state index in [4.69, 9.17) is 9.84 Å². The largest absolute Gasteiger partial charge is 0.480 e. The van der Waals surface area contributed by atoms with Crippen molar-refractivity contribution in [1.82, 2.24) is 9.80 Å². The van der Waals surface area contributed by atoms with Gasteiger partial charge in [0.15, 0.2) is 0 Å². The highest BCUT2D eigenvalue weighted by Crippen LogP contribution is 2.51. The number of carbonyl (C=O) groups is 2. The van der Waals surface area contributed by atoms with Crippen LogP contribution in [0.5, 0.6) is 0 Å². The number of ether oxygens (including phenoxy) is 1. The molecule has 1 aliphatic heterocycles. The van der Waals surface area contributed by atoms with E-state index in [9.17, 15) is 9.59 Å². The van der Waals surface area contributed by atoms with E-state index >= 15 is 0 Å². The average molecular weight is 298 g/mol. The van der Waals surface area contributed by atoms with Gasteiger partial charge in [-0.1, -0.05) is 13.3 Å². The molecular formula is C15H26N2O4. The van der Waals surface area contributed by atoms with Crippen LogP contribution in [0.4, 0.5) is 0 Å². The molecule has 0 bridgehead atoms. The molecule has 1 unspecified atom stereocenters. The van der Waals surface area contributed by atoms with Crippen LogP contribution in [-0.4, -0.2) is 72.7 Å². The van der Waals surface area contributed by atoms with Crippen molar-refractivity contribution in [2.75, 3.05) is 39.8 Å². The summed E-state index contributed by atoms with van der Waals surface area (Å²) < 4.78 is 5.68. The zero-order valence-corrected chi connectivity index (χ0v) is 13.0. The van der Waals surface area contributed by atoms with Gasteiger partial charge in [0.25, 0.3) is 0 Å². The first-order chi connectivity index (χ1) is 9.97. The molecule has 2 fully saturated rings. The molecule has 0 aromatic rings. The van der Waals surface area contributed by atoms with Crippen LogP contribution >= 0.6 is 0 Å². The Kier molecular flexibility index (Phi) is 5.22. The zero-order valence-electron chi connectivity index (χ0n) is 13.0. The van der Waals surface area contributed by atoms with Crippen LogP contribution in [0.2, 0.25) is 0 Å². The molecule has 0 radical (unpaired) electrons. The third-order valence-corrected chi connectivity index (χ3v) is 4.38. The Morgan fingerprint density at radius 3 is 2.71 bits per heavy atom. The summed E-state index contributed by atoms with van der Waals surface area (Å²) in [6.45, 7) is 4.43. The Balaban J connectivity index is 1.86. The molecule has 1 heterocycles. The van der Waals surface area contributed by atoms with Gasteiger partial charge in [-0.15, -0.1) is 0 Å². The molecule has 6 nitrogen and oxygen atoms in total. The molecule has 1 N–H and O–H groups in total. The van der Waals surface area contributed by atoms with E-state index in [0.29, 0.717) is 26.2 Å². The van der Waals surface area contributed by atoms with Gasteiger partial charge in [-0.05, 0) is 26.3 Å². The summed E-state index contributed by atoms with van der Waals surface area (Å²) in [4.78, 5) is 27.0. The Morgan fingerprint density at radius 1 is 1.43 bits per heavy atom. The summed E-state index contributed by atoms with van der Waals surface area (Å²) in [6, 6.07) is 0. The Bertz CT molecular complexity index is 395. The number of hydrogen-bond acceptors (Lipinski definition) is 4. The second-order valence-electron chi connectivity index (χ2n) is 6.36. The van der Waals surface area contributed by atoms with Crippen molar-refractivity contribution >= 4 is 11.9 Å². The molecular weight excluding hydrogens is 272 g/mol. The maximum Gasteiger partial charge on any atom is 0.317 e. The van der Waals surface area contributed by atoms with Crippen LogP contribution in [0.3, 0.4) is 0 Å². The van der Waals surface area contributed by atoms with Crippen molar-refractivity contribution in [2.45, 2.75) is 38.7 Å². The van der Waals surface area contributed by atoms with Crippen molar-refractivity contribution in [3.05, 3.63) is 0 Å². The number of carbonyl (C=O) groups excluding carboxylic acids is 1. The number of carboxylic acids is 1. The first-order valence-electron chi connectivity index (χ1n) is 7.78. The van der Waals surface area contributed by atoms with Gasteiger partial charge < -0.3 is 14.7 Å². The number of likely N-dealkylation sites (N-methyl/N-ethyl adjacent to an activating group) is 1. The Labute approximate surface area is 126 Å². The Hall–Kier alpha value is -1.14. The first-order valence-corrected chi connectivity index (χ1v) is 7.78. The number of amides is 1. The molecule has 2 aliphatic rings. The minimum Gasteiger partial charge on any atom is -0.480 e. The van der Waals surface area contributed by atoms with Gasteiger partial charge in [-0.3, -0.25) is 14.5 Å². The maximum absolute atomic E-state index is 12.6. The number of morpholine rings is 1. The zero-order chi connectivity index (χ0) is 15.5. The predicted octanol–water partition coefficient (Wildman–Crippen LogP) is 0.810. The number of aliphatic carboxylic acids is 1. The van der Waals surface area contributed by atoms with Crippen LogP contribution < -0.4 is 0 Å². The summed E-state index contributed by atoms with van der Waals surface area (Å²) in [5.74, 6) is -0.570. The highest BCUT2D eigenvalue weighted by molar-refractivity contribution is 5.85. The van der Waals surface area contributed by atoms with E-state index in [1.54, 1.807) is 11.9 Å². The lowest BCUT2D eigenvalue weighted by Gasteiger charge is -2.36. The van der Waals surface area contributed by atoms with E-state index in [2.05, 4.69) is 6.92 Å². The quantitative estimate of drug-likeness (QED) is 0.753. The molecule has 6 heteroatoms. The fourth-order valence-corrected chi connectivity index (χ4v) is 3.19. The third-order valence-electron chi connectivity index (χ3n) is 4.38. The normalized spacial score (nSPS) is 24.1. The highest BCUT2D eigenvalue weighted by atomic mass is 16.5. The van der Waals surface area contributed by atoms with Crippen LogP contribution in [-0.2, 0) is 14.3 Å². The lowest BCUT2D eigenvalue weighted by molar-refractivity contribution is -0.146. The molecule has 1 atom stereocenters. The molecule has 120 valence electrons. The summed E-state index contributed by atoms with van der Waals surface area (Å²) in [5, 5.41) is 8.78. The molecule has 0 spiro atoms. The van der Waals surface area contributed by atoms with Crippen LogP contribution in [0.25, 0.3) is 0 Å². The SMILES string of the molecule is CCCC1(C(=O)N2CCOC(CN(C)CC(=O)O)C2)CC1. The van der Waals surface area contributed by atoms with E-state index in [-0.39, 0.29) is 24.0 Å². The van der Waals surface area contributed by atoms with Crippen molar-refractivity contribution in [3.63, 3.8) is 0 Å². The standard InChI is InChI=1S/C15H26N2O4/c1-3-4-15(5-6-15)14(20)17-7-8-21-12(10-17)9-16(2)11-13(18)19/h12H,3-11H2,1-2H3,(H,18,19). The summed E-state index contributed by atoms with van der Waals surface area (Å²) >= 11 is 0. The number of hydrogen-bond donors (Lipinski definition) is 1. The molecule has 1 aliphatic carbocycles. The summed E-state index contributed by atoms with van der Waals surface area (Å²) in [5.41, 5.74) is -0.0936. The lowest BCUT2D eigenvalue weighted by Crippen LogP contribution is -2.51. The topological polar surface area (TPSA) is 70.1 Å². The minimum absolute atomic E-state index is 0.00637. The van der Waals surface area contributed by atoms with E-state index in [0.717, 1.165) is 25.7 Å². The number of carboxylic acid groups (broad SMARTS) is 1. The summed E-state index contributed by atoms with van der Waals surface area (Å²) in [7, 11) is 1.76. The molecule has 1 saturated carbocycles. The molecule has 1 amide bonds. The van der Waals surface area contributed by atoms with Gasteiger partial charge in [0.1, 0.15) is 0 Å². The predicted molar refractivity (Wildman–Crippen MR) is 78.0 cm³/mol. The smallest absolute Gasteiger partial charge is 0.317 e. The molecule has 0 aromatic heterocycles. The lowest BCUT2D eigenvalue weighted by atomic mass is 9.98. The highest BCUT2D eigenvalue weighted by Gasteiger charge is 2.51. The minimum atomic E-state index is -0.846. The first kappa shape index (κ1) is 16.2. The fourth-order valence-electron chi connectivity index (χ4n) is 3.19.